The first-order chi connectivity index (χ1) is 10.3. The number of thioether (sulfide) groups is 2. The van der Waals surface area contributed by atoms with Crippen molar-refractivity contribution in [3.8, 4) is 0 Å². The van der Waals surface area contributed by atoms with Gasteiger partial charge in [0.1, 0.15) is 6.04 Å². The van der Waals surface area contributed by atoms with Crippen LogP contribution in [0.25, 0.3) is 11.2 Å². The Hall–Kier alpha value is -1.53. The van der Waals surface area contributed by atoms with E-state index in [9.17, 15) is 0 Å². The molecule has 0 fully saturated rings. The van der Waals surface area contributed by atoms with Crippen molar-refractivity contribution >= 4 is 34.7 Å². The van der Waals surface area contributed by atoms with Crippen molar-refractivity contribution < 1.29 is 4.57 Å². The van der Waals surface area contributed by atoms with E-state index in [1.807, 2.05) is 29.9 Å². The number of rotatable bonds is 3. The van der Waals surface area contributed by atoms with Crippen molar-refractivity contribution in [3.63, 3.8) is 0 Å². The molecule has 0 spiro atoms. The van der Waals surface area contributed by atoms with E-state index in [0.29, 0.717) is 6.04 Å². The van der Waals surface area contributed by atoms with Crippen molar-refractivity contribution in [3.05, 3.63) is 42.5 Å². The van der Waals surface area contributed by atoms with Gasteiger partial charge in [0.2, 0.25) is 0 Å². The minimum Gasteiger partial charge on any atom is -0.337 e. The number of fused-ring (bicyclic) bond motifs is 3. The van der Waals surface area contributed by atoms with Crippen LogP contribution in [-0.4, -0.2) is 26.5 Å². The zero-order valence-corrected chi connectivity index (χ0v) is 13.2. The van der Waals surface area contributed by atoms with Crippen molar-refractivity contribution in [1.29, 1.82) is 0 Å². The number of nitrogens with zero attached hydrogens (tertiary/aromatic N) is 3. The van der Waals surface area contributed by atoms with Gasteiger partial charge in [-0.1, -0.05) is 29.5 Å². The lowest BCUT2D eigenvalue weighted by Gasteiger charge is -2.08. The summed E-state index contributed by atoms with van der Waals surface area (Å²) in [4.78, 5) is 13.2. The van der Waals surface area contributed by atoms with Crippen molar-refractivity contribution in [2.75, 3.05) is 11.5 Å². The molecule has 1 atom stereocenters. The van der Waals surface area contributed by atoms with Crippen LogP contribution in [0.1, 0.15) is 11.6 Å². The fourth-order valence-electron chi connectivity index (χ4n) is 2.46. The molecule has 1 aliphatic rings. The molecule has 1 aromatic carbocycles. The normalized spacial score (nSPS) is 17.3. The first kappa shape index (κ1) is 13.2. The zero-order chi connectivity index (χ0) is 14.2. The quantitative estimate of drug-likeness (QED) is 0.458. The molecule has 4 rings (SSSR count). The fraction of sp³-hybridized carbons (Fsp3) is 0.267. The number of aryl methyl sites for hydroxylation is 1. The maximum absolute atomic E-state index is 4.43. The van der Waals surface area contributed by atoms with Crippen LogP contribution in [0.3, 0.4) is 0 Å². The van der Waals surface area contributed by atoms with Gasteiger partial charge in [0.25, 0.3) is 12.0 Å². The molecule has 1 N–H and O–H groups in total. The maximum Gasteiger partial charge on any atom is 0.296 e. The van der Waals surface area contributed by atoms with Crippen molar-refractivity contribution in [2.45, 2.75) is 22.9 Å². The highest BCUT2D eigenvalue weighted by molar-refractivity contribution is 8.00. The molecule has 4 nitrogen and oxygen atoms in total. The molecule has 0 radical (unpaired) electrons. The summed E-state index contributed by atoms with van der Waals surface area (Å²) in [5.41, 5.74) is 3.17. The number of hydrogen-bond donors (Lipinski definition) is 1. The molecule has 3 aromatic rings. The summed E-state index contributed by atoms with van der Waals surface area (Å²) >= 11 is 3.80. The molecule has 0 aliphatic carbocycles. The van der Waals surface area contributed by atoms with E-state index < -0.39 is 0 Å². The number of nitrogens with one attached hydrogen (secondary N) is 1. The van der Waals surface area contributed by atoms with Crippen LogP contribution in [-0.2, 0) is 0 Å². The lowest BCUT2D eigenvalue weighted by molar-refractivity contribution is -0.744. The summed E-state index contributed by atoms with van der Waals surface area (Å²) in [5.74, 6) is 2.16. The summed E-state index contributed by atoms with van der Waals surface area (Å²) in [7, 11) is 0. The van der Waals surface area contributed by atoms with Crippen LogP contribution < -0.4 is 4.57 Å². The standard InChI is InChI=1S/C15H14N4S2/c1-10-2-4-12(5-3-10)20-6-11-7-21-15-13-14(17-8-16-13)18-9-19(11)15/h2-5,8-9,11H,6-7H2,1H3/p+1/t11-/m0/s1. The summed E-state index contributed by atoms with van der Waals surface area (Å²) in [6, 6.07) is 9.22. The molecule has 6 heteroatoms. The van der Waals surface area contributed by atoms with E-state index in [2.05, 4.69) is 50.7 Å². The van der Waals surface area contributed by atoms with Gasteiger partial charge in [0.05, 0.1) is 6.33 Å². The summed E-state index contributed by atoms with van der Waals surface area (Å²) in [6.45, 7) is 2.12. The smallest absolute Gasteiger partial charge is 0.296 e. The van der Waals surface area contributed by atoms with Crippen LogP contribution in [0.15, 0.2) is 46.8 Å². The Labute approximate surface area is 131 Å². The highest BCUT2D eigenvalue weighted by Crippen LogP contribution is 2.32. The van der Waals surface area contributed by atoms with Gasteiger partial charge < -0.3 is 4.98 Å². The average Bonchev–Trinajstić information content (AvgIpc) is 3.12. The van der Waals surface area contributed by atoms with Crippen LogP contribution in [0, 0.1) is 6.92 Å². The van der Waals surface area contributed by atoms with E-state index in [1.54, 1.807) is 6.33 Å². The van der Waals surface area contributed by atoms with Gasteiger partial charge in [-0.05, 0) is 24.0 Å². The molecule has 0 saturated carbocycles. The van der Waals surface area contributed by atoms with E-state index in [1.165, 1.54) is 15.5 Å². The van der Waals surface area contributed by atoms with Crippen LogP contribution in [0.4, 0.5) is 0 Å². The number of benzene rings is 1. The first-order valence-electron chi connectivity index (χ1n) is 6.87. The van der Waals surface area contributed by atoms with Crippen LogP contribution in [0.2, 0.25) is 0 Å². The SMILES string of the molecule is Cc1ccc(SC[C@H]2CSc3c4[nH]cnc4nc[n+]32)cc1. The minimum atomic E-state index is 0.483. The lowest BCUT2D eigenvalue weighted by Crippen LogP contribution is -2.40. The Morgan fingerprint density at radius 1 is 1.33 bits per heavy atom. The van der Waals surface area contributed by atoms with E-state index >= 15 is 0 Å². The second-order valence-corrected chi connectivity index (χ2v) is 7.25. The average molecular weight is 315 g/mol. The number of aromatic amines is 1. The molecule has 0 bridgehead atoms. The Morgan fingerprint density at radius 3 is 3.05 bits per heavy atom. The molecule has 106 valence electrons. The second kappa shape index (κ2) is 5.35. The molecule has 2 aromatic heterocycles. The van der Waals surface area contributed by atoms with Crippen LogP contribution in [0.5, 0.6) is 0 Å². The molecule has 21 heavy (non-hydrogen) atoms. The largest absolute Gasteiger partial charge is 0.337 e. The summed E-state index contributed by atoms with van der Waals surface area (Å²) < 4.78 is 2.28. The van der Waals surface area contributed by atoms with Crippen molar-refractivity contribution in [1.82, 2.24) is 15.0 Å². The van der Waals surface area contributed by atoms with Gasteiger partial charge >= 0.3 is 0 Å². The van der Waals surface area contributed by atoms with Crippen LogP contribution >= 0.6 is 23.5 Å². The molecule has 3 heterocycles. The Kier molecular flexibility index (Phi) is 3.35. The van der Waals surface area contributed by atoms with Gasteiger partial charge in [-0.25, -0.2) is 4.57 Å². The van der Waals surface area contributed by atoms with Gasteiger partial charge in [0, 0.05) is 16.4 Å². The highest BCUT2D eigenvalue weighted by Gasteiger charge is 2.31. The Bertz CT molecular complexity index is 782. The molecule has 0 saturated heterocycles. The van der Waals surface area contributed by atoms with E-state index in [-0.39, 0.29) is 0 Å². The summed E-state index contributed by atoms with van der Waals surface area (Å²) in [6.07, 6.45) is 3.65. The first-order valence-corrected chi connectivity index (χ1v) is 8.84. The fourth-order valence-corrected chi connectivity index (χ4v) is 4.87. The third-order valence-corrected chi connectivity index (χ3v) is 6.04. The predicted octanol–water partition coefficient (Wildman–Crippen LogP) is 2.99. The number of H-pyrrole nitrogens is 1. The van der Waals surface area contributed by atoms with Gasteiger partial charge in [-0.3, -0.25) is 0 Å². The zero-order valence-electron chi connectivity index (χ0n) is 11.6. The molecular formula is C15H15N4S2+. The Balaban J connectivity index is 1.55. The molecule has 0 unspecified atom stereocenters. The molecule has 1 aliphatic heterocycles. The van der Waals surface area contributed by atoms with Gasteiger partial charge in [-0.2, -0.15) is 4.98 Å². The Morgan fingerprint density at radius 2 is 2.19 bits per heavy atom. The van der Waals surface area contributed by atoms with Crippen molar-refractivity contribution in [2.24, 2.45) is 0 Å². The monoisotopic (exact) mass is 315 g/mol. The van der Waals surface area contributed by atoms with E-state index in [4.69, 9.17) is 0 Å². The summed E-state index contributed by atoms with van der Waals surface area (Å²) in [5, 5.41) is 1.26. The third kappa shape index (κ3) is 2.42. The minimum absolute atomic E-state index is 0.483. The molecule has 0 amide bonds. The predicted molar refractivity (Wildman–Crippen MR) is 85.7 cm³/mol. The van der Waals surface area contributed by atoms with E-state index in [0.717, 1.165) is 22.7 Å². The number of imidazole rings is 1. The topological polar surface area (TPSA) is 45.5 Å². The third-order valence-electron chi connectivity index (χ3n) is 3.64. The maximum atomic E-state index is 4.43. The molecular weight excluding hydrogens is 300 g/mol. The second-order valence-electron chi connectivity index (χ2n) is 5.15. The lowest BCUT2D eigenvalue weighted by atomic mass is 10.2. The van der Waals surface area contributed by atoms with Gasteiger partial charge in [-0.15, -0.1) is 11.8 Å². The number of hydrogen-bond acceptors (Lipinski definition) is 4. The number of aromatic nitrogens is 4. The van der Waals surface area contributed by atoms with Gasteiger partial charge in [0.15, 0.2) is 10.5 Å². The highest BCUT2D eigenvalue weighted by atomic mass is 32.2.